The van der Waals surface area contributed by atoms with Crippen molar-refractivity contribution in [2.45, 2.75) is 12.3 Å². The van der Waals surface area contributed by atoms with E-state index in [1.807, 2.05) is 34.7 Å². The van der Waals surface area contributed by atoms with Crippen LogP contribution in [0.2, 0.25) is 5.02 Å². The molecule has 0 N–H and O–H groups in total. The Morgan fingerprint density at radius 1 is 1.26 bits per heavy atom. The predicted molar refractivity (Wildman–Crippen MR) is 93.2 cm³/mol. The quantitative estimate of drug-likeness (QED) is 0.855. The predicted octanol–water partition coefficient (Wildman–Crippen LogP) is 3.25. The van der Waals surface area contributed by atoms with Crippen LogP contribution in [0, 0.1) is 5.92 Å². The number of piperazine rings is 1. The highest BCUT2D eigenvalue weighted by atomic mass is 35.5. The zero-order valence-electron chi connectivity index (χ0n) is 12.7. The maximum absolute atomic E-state index is 12.7. The Balaban J connectivity index is 1.35. The summed E-state index contributed by atoms with van der Waals surface area (Å²) in [6.45, 7) is 3.32. The number of aromatic nitrogens is 1. The molecule has 1 aromatic carbocycles. The van der Waals surface area contributed by atoms with Crippen molar-refractivity contribution >= 4 is 34.0 Å². The molecule has 6 heteroatoms. The second-order valence-corrected chi connectivity index (χ2v) is 7.44. The van der Waals surface area contributed by atoms with Crippen LogP contribution >= 0.6 is 22.9 Å². The fraction of sp³-hybridized carbons (Fsp3) is 0.412. The summed E-state index contributed by atoms with van der Waals surface area (Å²) in [4.78, 5) is 21.3. The molecule has 0 bridgehead atoms. The van der Waals surface area contributed by atoms with E-state index in [4.69, 9.17) is 11.6 Å². The van der Waals surface area contributed by atoms with Crippen LogP contribution in [0.25, 0.3) is 0 Å². The summed E-state index contributed by atoms with van der Waals surface area (Å²) in [5.74, 6) is 0.784. The maximum Gasteiger partial charge on any atom is 0.226 e. The van der Waals surface area contributed by atoms with E-state index in [1.165, 1.54) is 5.56 Å². The number of benzene rings is 1. The summed E-state index contributed by atoms with van der Waals surface area (Å²) >= 11 is 7.71. The Morgan fingerprint density at radius 2 is 2.09 bits per heavy atom. The van der Waals surface area contributed by atoms with Gasteiger partial charge in [0.25, 0.3) is 0 Å². The van der Waals surface area contributed by atoms with Crippen LogP contribution in [0.3, 0.4) is 0 Å². The largest absolute Gasteiger partial charge is 0.345 e. The molecule has 23 heavy (non-hydrogen) atoms. The first-order valence-corrected chi connectivity index (χ1v) is 9.17. The second kappa shape index (κ2) is 6.13. The molecular weight excluding hydrogens is 330 g/mol. The first-order valence-electron chi connectivity index (χ1n) is 7.91. The number of hydrogen-bond acceptors (Lipinski definition) is 4. The molecule has 0 radical (unpaired) electrons. The highest BCUT2D eigenvalue weighted by molar-refractivity contribution is 7.13. The van der Waals surface area contributed by atoms with E-state index >= 15 is 0 Å². The van der Waals surface area contributed by atoms with Crippen LogP contribution < -0.4 is 4.90 Å². The SMILES string of the molecule is O=C(C1CC1c1cccc(Cl)c1)N1CCN(c2nccs2)CC1. The van der Waals surface area contributed by atoms with Gasteiger partial charge in [-0.05, 0) is 30.0 Å². The van der Waals surface area contributed by atoms with Crippen molar-refractivity contribution in [1.82, 2.24) is 9.88 Å². The zero-order chi connectivity index (χ0) is 15.8. The molecule has 1 amide bonds. The number of thiazole rings is 1. The first kappa shape index (κ1) is 15.0. The highest BCUT2D eigenvalue weighted by Gasteiger charge is 2.46. The van der Waals surface area contributed by atoms with E-state index in [0.29, 0.717) is 11.8 Å². The molecule has 1 saturated carbocycles. The summed E-state index contributed by atoms with van der Waals surface area (Å²) in [6.07, 6.45) is 2.78. The Morgan fingerprint density at radius 3 is 2.78 bits per heavy atom. The molecule has 2 unspecified atom stereocenters. The molecule has 2 aliphatic rings. The lowest BCUT2D eigenvalue weighted by Crippen LogP contribution is -2.49. The summed E-state index contributed by atoms with van der Waals surface area (Å²) in [6, 6.07) is 7.90. The number of carbonyl (C=O) groups excluding carboxylic acids is 1. The molecular formula is C17H18ClN3OS. The lowest BCUT2D eigenvalue weighted by Gasteiger charge is -2.34. The third kappa shape index (κ3) is 3.08. The summed E-state index contributed by atoms with van der Waals surface area (Å²) in [7, 11) is 0. The first-order chi connectivity index (χ1) is 11.2. The fourth-order valence-corrected chi connectivity index (χ4v) is 4.19. The van der Waals surface area contributed by atoms with Crippen molar-refractivity contribution in [1.29, 1.82) is 0 Å². The number of amides is 1. The molecule has 1 saturated heterocycles. The Labute approximate surface area is 144 Å². The van der Waals surface area contributed by atoms with E-state index in [0.717, 1.165) is 42.8 Å². The van der Waals surface area contributed by atoms with Crippen molar-refractivity contribution in [2.24, 2.45) is 5.92 Å². The number of carbonyl (C=O) groups is 1. The molecule has 0 spiro atoms. The van der Waals surface area contributed by atoms with E-state index in [2.05, 4.69) is 16.0 Å². The van der Waals surface area contributed by atoms with E-state index < -0.39 is 0 Å². The van der Waals surface area contributed by atoms with Crippen molar-refractivity contribution in [3.63, 3.8) is 0 Å². The molecule has 4 rings (SSSR count). The minimum atomic E-state index is 0.139. The molecule has 4 nitrogen and oxygen atoms in total. The molecule has 1 aromatic heterocycles. The van der Waals surface area contributed by atoms with Crippen LogP contribution in [0.5, 0.6) is 0 Å². The standard InChI is InChI=1S/C17H18ClN3OS/c18-13-3-1-2-12(10-13)14-11-15(14)16(22)20-5-7-21(8-6-20)17-19-4-9-23-17/h1-4,9-10,14-15H,5-8,11H2. The maximum atomic E-state index is 12.7. The number of halogens is 1. The number of hydrogen-bond donors (Lipinski definition) is 0. The minimum absolute atomic E-state index is 0.139. The molecule has 2 atom stereocenters. The van der Waals surface area contributed by atoms with Gasteiger partial charge in [-0.25, -0.2) is 4.98 Å². The summed E-state index contributed by atoms with van der Waals surface area (Å²) in [5.41, 5.74) is 1.19. The third-order valence-electron chi connectivity index (χ3n) is 4.67. The van der Waals surface area contributed by atoms with Gasteiger partial charge in [-0.2, -0.15) is 0 Å². The van der Waals surface area contributed by atoms with Gasteiger partial charge in [-0.1, -0.05) is 23.7 Å². The number of anilines is 1. The molecule has 2 aromatic rings. The van der Waals surface area contributed by atoms with E-state index in [9.17, 15) is 4.79 Å². The van der Waals surface area contributed by atoms with E-state index in [-0.39, 0.29) is 5.92 Å². The normalized spacial score (nSPS) is 23.9. The topological polar surface area (TPSA) is 36.4 Å². The molecule has 1 aliphatic carbocycles. The van der Waals surface area contributed by atoms with Crippen LogP contribution in [-0.2, 0) is 4.79 Å². The van der Waals surface area contributed by atoms with Crippen LogP contribution in [0.15, 0.2) is 35.8 Å². The third-order valence-corrected chi connectivity index (χ3v) is 5.73. The Bertz CT molecular complexity index is 698. The van der Waals surface area contributed by atoms with Crippen LogP contribution in [0.1, 0.15) is 17.9 Å². The average Bonchev–Trinajstić information content (AvgIpc) is 3.19. The highest BCUT2D eigenvalue weighted by Crippen LogP contribution is 2.49. The molecule has 2 fully saturated rings. The van der Waals surface area contributed by atoms with Crippen LogP contribution in [0.4, 0.5) is 5.13 Å². The van der Waals surface area contributed by atoms with E-state index in [1.54, 1.807) is 11.3 Å². The number of rotatable bonds is 3. The second-order valence-electron chi connectivity index (χ2n) is 6.13. The van der Waals surface area contributed by atoms with Gasteiger partial charge in [0.1, 0.15) is 0 Å². The van der Waals surface area contributed by atoms with Crippen molar-refractivity contribution in [3.05, 3.63) is 46.4 Å². The number of nitrogens with zero attached hydrogens (tertiary/aromatic N) is 3. The molecule has 120 valence electrons. The minimum Gasteiger partial charge on any atom is -0.345 e. The monoisotopic (exact) mass is 347 g/mol. The van der Waals surface area contributed by atoms with Crippen molar-refractivity contribution < 1.29 is 4.79 Å². The van der Waals surface area contributed by atoms with Crippen LogP contribution in [-0.4, -0.2) is 42.0 Å². The average molecular weight is 348 g/mol. The van der Waals surface area contributed by atoms with Gasteiger partial charge >= 0.3 is 0 Å². The smallest absolute Gasteiger partial charge is 0.226 e. The Kier molecular flexibility index (Phi) is 3.99. The lowest BCUT2D eigenvalue weighted by molar-refractivity contribution is -0.132. The van der Waals surface area contributed by atoms with Gasteiger partial charge in [0.15, 0.2) is 5.13 Å². The summed E-state index contributed by atoms with van der Waals surface area (Å²) in [5, 5.41) is 3.80. The lowest BCUT2D eigenvalue weighted by atomic mass is 10.1. The fourth-order valence-electron chi connectivity index (χ4n) is 3.30. The Hall–Kier alpha value is -1.59. The van der Waals surface area contributed by atoms with Crippen molar-refractivity contribution in [2.75, 3.05) is 31.1 Å². The molecule has 2 heterocycles. The van der Waals surface area contributed by atoms with Gasteiger partial charge in [-0.15, -0.1) is 11.3 Å². The van der Waals surface area contributed by atoms with Gasteiger partial charge in [0.05, 0.1) is 0 Å². The van der Waals surface area contributed by atoms with Gasteiger partial charge in [0.2, 0.25) is 5.91 Å². The van der Waals surface area contributed by atoms with Gasteiger partial charge in [-0.3, -0.25) is 4.79 Å². The summed E-state index contributed by atoms with van der Waals surface area (Å²) < 4.78 is 0. The molecule has 1 aliphatic heterocycles. The van der Waals surface area contributed by atoms with Crippen molar-refractivity contribution in [3.8, 4) is 0 Å². The van der Waals surface area contributed by atoms with Gasteiger partial charge in [0, 0.05) is 48.7 Å². The van der Waals surface area contributed by atoms with Gasteiger partial charge < -0.3 is 9.80 Å². The zero-order valence-corrected chi connectivity index (χ0v) is 14.3.